The van der Waals surface area contributed by atoms with Gasteiger partial charge in [-0.05, 0) is 120 Å². The van der Waals surface area contributed by atoms with Crippen molar-refractivity contribution in [1.29, 1.82) is 0 Å². The van der Waals surface area contributed by atoms with E-state index in [0.717, 1.165) is 62.3 Å². The fraction of sp³-hybridized carbons (Fsp3) is 0.260. The minimum Gasteiger partial charge on any atom is -0.489 e. The summed E-state index contributed by atoms with van der Waals surface area (Å²) >= 11 is 12.2. The van der Waals surface area contributed by atoms with Gasteiger partial charge in [0, 0.05) is 30.4 Å². The lowest BCUT2D eigenvalue weighted by Gasteiger charge is -2.42. The fourth-order valence-corrected chi connectivity index (χ4v) is 8.68. The van der Waals surface area contributed by atoms with Crippen LogP contribution in [0.5, 0.6) is 17.2 Å². The van der Waals surface area contributed by atoms with E-state index in [1.807, 2.05) is 111 Å². The summed E-state index contributed by atoms with van der Waals surface area (Å²) in [7, 11) is 0. The van der Waals surface area contributed by atoms with Gasteiger partial charge in [0.25, 0.3) is 0 Å². The molecule has 0 saturated heterocycles. The van der Waals surface area contributed by atoms with Gasteiger partial charge in [-0.15, -0.1) is 0 Å². The van der Waals surface area contributed by atoms with Gasteiger partial charge in [0.05, 0.1) is 16.1 Å². The van der Waals surface area contributed by atoms with Crippen LogP contribution in [0.3, 0.4) is 0 Å². The molecule has 11 heteroatoms. The van der Waals surface area contributed by atoms with E-state index in [1.54, 1.807) is 12.1 Å². The van der Waals surface area contributed by atoms with Crippen molar-refractivity contribution in [3.8, 4) is 28.4 Å². The number of carboxylic acids is 1. The van der Waals surface area contributed by atoms with E-state index in [-0.39, 0.29) is 24.5 Å². The smallest absolute Gasteiger partial charge is 0.326 e. The Bertz CT molecular complexity index is 2510. The van der Waals surface area contributed by atoms with Crippen molar-refractivity contribution in [3.63, 3.8) is 0 Å². The van der Waals surface area contributed by atoms with Crippen LogP contribution >= 0.6 is 23.2 Å². The van der Waals surface area contributed by atoms with Crippen molar-refractivity contribution in [2.45, 2.75) is 77.4 Å². The number of halogens is 2. The Kier molecular flexibility index (Phi) is 12.6. The molecule has 8 rings (SSSR count). The predicted octanol–water partition coefficient (Wildman–Crippen LogP) is 10.5. The lowest BCUT2D eigenvalue weighted by Crippen LogP contribution is -2.55. The van der Waals surface area contributed by atoms with Gasteiger partial charge in [-0.1, -0.05) is 103 Å². The van der Waals surface area contributed by atoms with E-state index in [4.69, 9.17) is 37.4 Å². The zero-order valence-corrected chi connectivity index (χ0v) is 35.7. The lowest BCUT2D eigenvalue weighted by atomic mass is 9.89. The molecule has 312 valence electrons. The van der Waals surface area contributed by atoms with E-state index in [1.165, 1.54) is 0 Å². The number of aryl methyl sites for hydroxylation is 2. The molecule has 0 unspecified atom stereocenters. The molecule has 2 N–H and O–H groups in total. The molecule has 5 aromatic carbocycles. The Labute approximate surface area is 366 Å². The third kappa shape index (κ3) is 9.70. The van der Waals surface area contributed by atoms with Crippen molar-refractivity contribution in [2.75, 3.05) is 6.61 Å². The highest BCUT2D eigenvalue weighted by Gasteiger charge is 2.39. The largest absolute Gasteiger partial charge is 0.489 e. The number of nitrogens with zero attached hydrogens (tertiary/aromatic N) is 2. The minimum atomic E-state index is -1.12. The SMILES string of the molecule is CC[C@@H](c1ccccc1)N1Cc2cc3c(cc2C[C@H]1C(=O)N[C@@H](Cc1ccc(-c2cc(C)nc(C)c2)cc1)C(=O)O)OC[C@H](c1ccc(OCc2ccc(Cl)c(Cl)c2)cc1)O3. The fourth-order valence-electron chi connectivity index (χ4n) is 8.36. The van der Waals surface area contributed by atoms with Gasteiger partial charge in [-0.25, -0.2) is 4.79 Å². The van der Waals surface area contributed by atoms with Crippen molar-refractivity contribution in [2.24, 2.45) is 0 Å². The second kappa shape index (κ2) is 18.4. The molecule has 9 nitrogen and oxygen atoms in total. The Morgan fingerprint density at radius 1 is 0.836 bits per heavy atom. The Morgan fingerprint density at radius 3 is 2.23 bits per heavy atom. The average molecular weight is 857 g/mol. The average Bonchev–Trinajstić information content (AvgIpc) is 3.26. The molecule has 0 fully saturated rings. The third-order valence-corrected chi connectivity index (χ3v) is 12.2. The van der Waals surface area contributed by atoms with Crippen LogP contribution in [0.15, 0.2) is 121 Å². The second-order valence-electron chi connectivity index (χ2n) is 15.8. The zero-order chi connectivity index (χ0) is 42.6. The highest BCUT2D eigenvalue weighted by molar-refractivity contribution is 6.42. The third-order valence-electron chi connectivity index (χ3n) is 11.4. The van der Waals surface area contributed by atoms with Gasteiger partial charge in [0.1, 0.15) is 25.0 Å². The predicted molar refractivity (Wildman–Crippen MR) is 237 cm³/mol. The molecule has 6 aromatic rings. The van der Waals surface area contributed by atoms with Gasteiger partial charge in [-0.3, -0.25) is 14.7 Å². The Hall–Kier alpha value is -5.87. The van der Waals surface area contributed by atoms with Crippen LogP contribution in [0.2, 0.25) is 10.0 Å². The maximum atomic E-state index is 14.4. The summed E-state index contributed by atoms with van der Waals surface area (Å²) < 4.78 is 18.9. The number of carbonyl (C=O) groups excluding carboxylic acids is 1. The van der Waals surface area contributed by atoms with Crippen molar-refractivity contribution >= 4 is 35.1 Å². The number of ether oxygens (including phenoxy) is 3. The molecule has 1 aromatic heterocycles. The number of carboxylic acid groups (broad SMARTS) is 1. The monoisotopic (exact) mass is 855 g/mol. The van der Waals surface area contributed by atoms with Crippen molar-refractivity contribution in [1.82, 2.24) is 15.2 Å². The Balaban J connectivity index is 0.991. The molecular formula is C50H47Cl2N3O6. The normalized spacial score (nSPS) is 16.9. The summed E-state index contributed by atoms with van der Waals surface area (Å²) in [4.78, 5) is 33.8. The number of aromatic nitrogens is 1. The van der Waals surface area contributed by atoms with Gasteiger partial charge in [-0.2, -0.15) is 0 Å². The molecule has 0 spiro atoms. The molecular weight excluding hydrogens is 809 g/mol. The number of hydrogen-bond acceptors (Lipinski definition) is 7. The molecule has 2 aliphatic rings. The van der Waals surface area contributed by atoms with Crippen LogP contribution in [-0.4, -0.2) is 45.6 Å². The van der Waals surface area contributed by atoms with Gasteiger partial charge < -0.3 is 24.6 Å². The summed E-state index contributed by atoms with van der Waals surface area (Å²) in [6, 6.07) is 37.4. The van der Waals surface area contributed by atoms with Crippen LogP contribution in [0.1, 0.15) is 70.3 Å². The number of hydrogen-bond donors (Lipinski definition) is 2. The Morgan fingerprint density at radius 2 is 1.54 bits per heavy atom. The first kappa shape index (κ1) is 41.8. The molecule has 3 heterocycles. The zero-order valence-electron chi connectivity index (χ0n) is 34.2. The van der Waals surface area contributed by atoms with E-state index >= 15 is 0 Å². The second-order valence-corrected chi connectivity index (χ2v) is 16.6. The maximum absolute atomic E-state index is 14.4. The first-order valence-corrected chi connectivity index (χ1v) is 21.3. The van der Waals surface area contributed by atoms with E-state index in [2.05, 4.69) is 34.3 Å². The molecule has 0 saturated carbocycles. The van der Waals surface area contributed by atoms with Crippen molar-refractivity contribution in [3.05, 3.63) is 176 Å². The summed E-state index contributed by atoms with van der Waals surface area (Å²) in [6.45, 7) is 7.15. The highest BCUT2D eigenvalue weighted by atomic mass is 35.5. The van der Waals surface area contributed by atoms with E-state index in [0.29, 0.717) is 53.5 Å². The van der Waals surface area contributed by atoms with Gasteiger partial charge in [0.15, 0.2) is 17.6 Å². The quantitative estimate of drug-likeness (QED) is 0.118. The van der Waals surface area contributed by atoms with Crippen molar-refractivity contribution < 1.29 is 28.9 Å². The molecule has 0 bridgehead atoms. The number of nitrogens with one attached hydrogen (secondary N) is 1. The van der Waals surface area contributed by atoms with Crippen LogP contribution < -0.4 is 19.5 Å². The van der Waals surface area contributed by atoms with Crippen LogP contribution in [0.4, 0.5) is 0 Å². The summed E-state index contributed by atoms with van der Waals surface area (Å²) in [5, 5.41) is 14.3. The van der Waals surface area contributed by atoms with Crippen LogP contribution in [-0.2, 0) is 35.6 Å². The topological polar surface area (TPSA) is 110 Å². The number of pyridine rings is 1. The number of amides is 1. The molecule has 4 atom stereocenters. The highest BCUT2D eigenvalue weighted by Crippen LogP contribution is 2.43. The summed E-state index contributed by atoms with van der Waals surface area (Å²) in [5.41, 5.74) is 9.68. The number of benzene rings is 5. The van der Waals surface area contributed by atoms with Gasteiger partial charge >= 0.3 is 5.97 Å². The molecule has 1 amide bonds. The minimum absolute atomic E-state index is 0.0975. The number of carbonyl (C=O) groups is 2. The number of rotatable bonds is 13. The lowest BCUT2D eigenvalue weighted by molar-refractivity contribution is -0.143. The number of aliphatic carboxylic acids is 1. The molecule has 0 radical (unpaired) electrons. The first-order chi connectivity index (χ1) is 29.5. The maximum Gasteiger partial charge on any atom is 0.326 e. The van der Waals surface area contributed by atoms with E-state index < -0.39 is 18.1 Å². The van der Waals surface area contributed by atoms with Gasteiger partial charge in [0.2, 0.25) is 5.91 Å². The van der Waals surface area contributed by atoms with Crippen LogP contribution in [0.25, 0.3) is 11.1 Å². The molecule has 2 aliphatic heterocycles. The summed E-state index contributed by atoms with van der Waals surface area (Å²) in [5.74, 6) is 0.542. The first-order valence-electron chi connectivity index (χ1n) is 20.5. The molecule has 61 heavy (non-hydrogen) atoms. The standard InChI is InChI=1S/C50H47Cl2N3O6/c1-4-44(35-8-6-5-7-9-35)55-27-39-26-47-46(60-29-48(61-47)36-15-17-40(18-16-36)59-28-33-12-19-41(51)42(52)22-33)25-38(39)24-45(55)49(56)54-43(50(57)58)23-32-10-13-34(14-11-32)37-20-30(2)53-31(3)21-37/h5-22,25-26,43-45,48H,4,23-24,27-29H2,1-3H3,(H,54,56)(H,57,58)/t43-,44-,45-,48+/m0/s1. The molecule has 0 aliphatic carbocycles. The van der Waals surface area contributed by atoms with Crippen LogP contribution in [0, 0.1) is 13.8 Å². The van der Waals surface area contributed by atoms with E-state index in [9.17, 15) is 14.7 Å². The summed E-state index contributed by atoms with van der Waals surface area (Å²) in [6.07, 6.45) is 0.922. The number of fused-ring (bicyclic) bond motifs is 2.